The summed E-state index contributed by atoms with van der Waals surface area (Å²) in [5.41, 5.74) is 3.01. The molecule has 0 aliphatic rings. The van der Waals surface area contributed by atoms with Gasteiger partial charge in [-0.2, -0.15) is 0 Å². The van der Waals surface area contributed by atoms with Crippen LogP contribution in [0.4, 0.5) is 5.13 Å². The SMILES string of the molecule is C=CCN(C(=O)CCOCc1ccccc1)c1nc(-c2ccccc2)cs1. The molecule has 0 bridgehead atoms. The van der Waals surface area contributed by atoms with Crippen LogP contribution < -0.4 is 4.90 Å². The van der Waals surface area contributed by atoms with Crippen LogP contribution in [-0.4, -0.2) is 24.0 Å². The molecule has 4 nitrogen and oxygen atoms in total. The van der Waals surface area contributed by atoms with Crippen LogP contribution >= 0.6 is 11.3 Å². The molecule has 0 aliphatic carbocycles. The first kappa shape index (κ1) is 19.0. The number of hydrogen-bond donors (Lipinski definition) is 0. The van der Waals surface area contributed by atoms with Crippen LogP contribution in [0.5, 0.6) is 0 Å². The van der Waals surface area contributed by atoms with Crippen molar-refractivity contribution in [1.82, 2.24) is 4.98 Å². The van der Waals surface area contributed by atoms with Gasteiger partial charge in [0.1, 0.15) is 0 Å². The smallest absolute Gasteiger partial charge is 0.231 e. The van der Waals surface area contributed by atoms with Crippen LogP contribution in [0.1, 0.15) is 12.0 Å². The van der Waals surface area contributed by atoms with Crippen molar-refractivity contribution in [2.75, 3.05) is 18.1 Å². The summed E-state index contributed by atoms with van der Waals surface area (Å²) in [5, 5.41) is 2.65. The summed E-state index contributed by atoms with van der Waals surface area (Å²) >= 11 is 1.46. The van der Waals surface area contributed by atoms with Gasteiger partial charge >= 0.3 is 0 Å². The Morgan fingerprint density at radius 1 is 1.11 bits per heavy atom. The first-order chi connectivity index (χ1) is 13.3. The van der Waals surface area contributed by atoms with Crippen LogP contribution in [0.15, 0.2) is 78.7 Å². The summed E-state index contributed by atoms with van der Waals surface area (Å²) in [6, 6.07) is 19.9. The van der Waals surface area contributed by atoms with E-state index in [-0.39, 0.29) is 5.91 Å². The lowest BCUT2D eigenvalue weighted by molar-refractivity contribution is -0.119. The lowest BCUT2D eigenvalue weighted by Crippen LogP contribution is -2.31. The molecule has 0 N–H and O–H groups in total. The van der Waals surface area contributed by atoms with Crippen molar-refractivity contribution in [3.63, 3.8) is 0 Å². The van der Waals surface area contributed by atoms with Crippen molar-refractivity contribution < 1.29 is 9.53 Å². The molecule has 0 saturated heterocycles. The molecular formula is C22H22N2O2S. The summed E-state index contributed by atoms with van der Waals surface area (Å²) in [5.74, 6) is -0.0167. The number of amides is 1. The second-order valence-electron chi connectivity index (χ2n) is 5.96. The van der Waals surface area contributed by atoms with Gasteiger partial charge in [-0.3, -0.25) is 9.69 Å². The van der Waals surface area contributed by atoms with Gasteiger partial charge in [-0.25, -0.2) is 4.98 Å². The Morgan fingerprint density at radius 2 is 1.81 bits per heavy atom. The van der Waals surface area contributed by atoms with E-state index in [0.29, 0.717) is 31.3 Å². The summed E-state index contributed by atoms with van der Waals surface area (Å²) in [7, 11) is 0. The van der Waals surface area contributed by atoms with Crippen molar-refractivity contribution in [3.8, 4) is 11.3 Å². The van der Waals surface area contributed by atoms with Gasteiger partial charge in [-0.15, -0.1) is 17.9 Å². The lowest BCUT2D eigenvalue weighted by atomic mass is 10.2. The molecule has 138 valence electrons. The fourth-order valence-corrected chi connectivity index (χ4v) is 3.46. The standard InChI is InChI=1S/C22H22N2O2S/c1-2-14-24(21(25)13-15-26-16-18-9-5-3-6-10-18)22-23-20(17-27-22)19-11-7-4-8-12-19/h2-12,17H,1,13-16H2. The minimum atomic E-state index is -0.0167. The highest BCUT2D eigenvalue weighted by Gasteiger charge is 2.18. The molecule has 0 spiro atoms. The third-order valence-electron chi connectivity index (χ3n) is 3.98. The molecule has 0 aliphatic heterocycles. The van der Waals surface area contributed by atoms with Crippen molar-refractivity contribution >= 4 is 22.4 Å². The van der Waals surface area contributed by atoms with E-state index in [1.807, 2.05) is 66.0 Å². The fourth-order valence-electron chi connectivity index (χ4n) is 2.60. The van der Waals surface area contributed by atoms with Gasteiger partial charge in [0, 0.05) is 17.5 Å². The van der Waals surface area contributed by atoms with E-state index in [1.54, 1.807) is 11.0 Å². The zero-order chi connectivity index (χ0) is 18.9. The van der Waals surface area contributed by atoms with Gasteiger partial charge in [-0.1, -0.05) is 66.7 Å². The molecule has 5 heteroatoms. The zero-order valence-electron chi connectivity index (χ0n) is 15.1. The van der Waals surface area contributed by atoms with Gasteiger partial charge in [0.25, 0.3) is 0 Å². The quantitative estimate of drug-likeness (QED) is 0.391. The Labute approximate surface area is 163 Å². The van der Waals surface area contributed by atoms with Gasteiger partial charge < -0.3 is 4.74 Å². The first-order valence-corrected chi connectivity index (χ1v) is 9.70. The Kier molecular flexibility index (Phi) is 6.90. The normalized spacial score (nSPS) is 10.5. The number of nitrogens with zero attached hydrogens (tertiary/aromatic N) is 2. The summed E-state index contributed by atoms with van der Waals surface area (Å²) in [4.78, 5) is 18.9. The maximum absolute atomic E-state index is 12.7. The summed E-state index contributed by atoms with van der Waals surface area (Å²) in [6.07, 6.45) is 2.02. The van der Waals surface area contributed by atoms with Gasteiger partial charge in [0.15, 0.2) is 5.13 Å². The molecule has 0 fully saturated rings. The maximum atomic E-state index is 12.7. The minimum absolute atomic E-state index is 0.0167. The van der Waals surface area contributed by atoms with Gasteiger partial charge in [0.2, 0.25) is 5.91 Å². The monoisotopic (exact) mass is 378 g/mol. The molecule has 1 amide bonds. The highest BCUT2D eigenvalue weighted by Crippen LogP contribution is 2.27. The fraction of sp³-hybridized carbons (Fsp3) is 0.182. The number of hydrogen-bond acceptors (Lipinski definition) is 4. The molecule has 2 aromatic carbocycles. The number of ether oxygens (including phenoxy) is 1. The van der Waals surface area contributed by atoms with Crippen LogP contribution in [0.25, 0.3) is 11.3 Å². The van der Waals surface area contributed by atoms with Crippen LogP contribution in [0, 0.1) is 0 Å². The molecule has 0 saturated carbocycles. The van der Waals surface area contributed by atoms with Crippen LogP contribution in [0.2, 0.25) is 0 Å². The molecule has 0 unspecified atom stereocenters. The van der Waals surface area contributed by atoms with E-state index in [0.717, 1.165) is 16.8 Å². The van der Waals surface area contributed by atoms with Crippen molar-refractivity contribution in [1.29, 1.82) is 0 Å². The number of anilines is 1. The second kappa shape index (κ2) is 9.80. The summed E-state index contributed by atoms with van der Waals surface area (Å²) in [6.45, 7) is 5.07. The Hall–Kier alpha value is -2.76. The van der Waals surface area contributed by atoms with Crippen LogP contribution in [-0.2, 0) is 16.1 Å². The predicted octanol–water partition coefficient (Wildman–Crippen LogP) is 4.94. The minimum Gasteiger partial charge on any atom is -0.376 e. The van der Waals surface area contributed by atoms with E-state index in [2.05, 4.69) is 11.6 Å². The zero-order valence-corrected chi connectivity index (χ0v) is 15.9. The topological polar surface area (TPSA) is 42.4 Å². The van der Waals surface area contributed by atoms with E-state index < -0.39 is 0 Å². The lowest BCUT2D eigenvalue weighted by Gasteiger charge is -2.18. The number of thiazole rings is 1. The van der Waals surface area contributed by atoms with E-state index >= 15 is 0 Å². The van der Waals surface area contributed by atoms with Crippen molar-refractivity contribution in [2.45, 2.75) is 13.0 Å². The summed E-state index contributed by atoms with van der Waals surface area (Å²) < 4.78 is 5.64. The molecule has 1 aromatic heterocycles. The third kappa shape index (κ3) is 5.36. The average Bonchev–Trinajstić information content (AvgIpc) is 3.20. The number of carbonyl (C=O) groups is 1. The molecule has 3 aromatic rings. The van der Waals surface area contributed by atoms with E-state index in [9.17, 15) is 4.79 Å². The number of benzene rings is 2. The highest BCUT2D eigenvalue weighted by atomic mass is 32.1. The maximum Gasteiger partial charge on any atom is 0.231 e. The predicted molar refractivity (Wildman–Crippen MR) is 111 cm³/mol. The second-order valence-corrected chi connectivity index (χ2v) is 6.80. The number of rotatable bonds is 9. The largest absolute Gasteiger partial charge is 0.376 e. The Bertz CT molecular complexity index is 862. The average molecular weight is 378 g/mol. The molecule has 27 heavy (non-hydrogen) atoms. The number of carbonyl (C=O) groups excluding carboxylic acids is 1. The van der Waals surface area contributed by atoms with Gasteiger partial charge in [-0.05, 0) is 5.56 Å². The molecule has 0 radical (unpaired) electrons. The number of aromatic nitrogens is 1. The highest BCUT2D eigenvalue weighted by molar-refractivity contribution is 7.14. The molecule has 1 heterocycles. The Balaban J connectivity index is 1.58. The van der Waals surface area contributed by atoms with E-state index in [1.165, 1.54) is 11.3 Å². The van der Waals surface area contributed by atoms with Crippen molar-refractivity contribution in [2.24, 2.45) is 0 Å². The third-order valence-corrected chi connectivity index (χ3v) is 4.84. The molecule has 3 rings (SSSR count). The van der Waals surface area contributed by atoms with Crippen molar-refractivity contribution in [3.05, 3.63) is 84.3 Å². The first-order valence-electron chi connectivity index (χ1n) is 8.82. The van der Waals surface area contributed by atoms with E-state index in [4.69, 9.17) is 4.74 Å². The van der Waals surface area contributed by atoms with Gasteiger partial charge in [0.05, 0.1) is 25.3 Å². The molecular weight excluding hydrogens is 356 g/mol. The molecule has 0 atom stereocenters. The Morgan fingerprint density at radius 3 is 2.52 bits per heavy atom. The van der Waals surface area contributed by atoms with Crippen LogP contribution in [0.3, 0.4) is 0 Å².